The van der Waals surface area contributed by atoms with Crippen molar-refractivity contribution in [2.45, 2.75) is 49.9 Å². The molecule has 0 aliphatic heterocycles. The fourth-order valence-electron chi connectivity index (χ4n) is 2.08. The van der Waals surface area contributed by atoms with Gasteiger partial charge >= 0.3 is 0 Å². The Hall–Kier alpha value is -0.730. The minimum atomic E-state index is -0.369. The van der Waals surface area contributed by atoms with Gasteiger partial charge in [-0.05, 0) is 40.2 Å². The largest absolute Gasteiger partial charge is 0.353 e. The van der Waals surface area contributed by atoms with Gasteiger partial charge in [-0.2, -0.15) is 5.26 Å². The van der Waals surface area contributed by atoms with Crippen LogP contribution >= 0.6 is 11.8 Å². The molecule has 17 heavy (non-hydrogen) atoms. The number of carbonyl (C=O) groups is 1. The molecular weight excluding hydrogens is 234 g/mol. The number of nitrogens with one attached hydrogen (secondary N) is 2. The van der Waals surface area contributed by atoms with Crippen molar-refractivity contribution in [3.63, 3.8) is 0 Å². The van der Waals surface area contributed by atoms with Crippen LogP contribution in [0.1, 0.15) is 33.1 Å². The Morgan fingerprint density at radius 2 is 2.35 bits per heavy atom. The molecule has 0 radical (unpaired) electrons. The van der Waals surface area contributed by atoms with E-state index < -0.39 is 0 Å². The number of amides is 1. The van der Waals surface area contributed by atoms with Crippen LogP contribution in [0.5, 0.6) is 0 Å². The van der Waals surface area contributed by atoms with Gasteiger partial charge in [0.05, 0.1) is 11.8 Å². The molecule has 0 saturated heterocycles. The highest BCUT2D eigenvalue weighted by Crippen LogP contribution is 2.36. The number of hydrogen-bond acceptors (Lipinski definition) is 4. The van der Waals surface area contributed by atoms with Crippen molar-refractivity contribution in [2.24, 2.45) is 0 Å². The molecule has 1 amide bonds. The second-order valence-corrected chi connectivity index (χ2v) is 6.13. The van der Waals surface area contributed by atoms with Crippen LogP contribution in [0, 0.1) is 11.3 Å². The SMILES string of the molecule is CNC1(C#N)CCC(SCC(=O)NC(C)C)C1. The van der Waals surface area contributed by atoms with Crippen LogP contribution < -0.4 is 10.6 Å². The molecule has 1 fully saturated rings. The minimum Gasteiger partial charge on any atom is -0.353 e. The lowest BCUT2D eigenvalue weighted by atomic mass is 10.0. The normalized spacial score (nSPS) is 28.1. The Kier molecular flexibility index (Phi) is 5.29. The lowest BCUT2D eigenvalue weighted by Crippen LogP contribution is -2.39. The van der Waals surface area contributed by atoms with Crippen molar-refractivity contribution in [3.05, 3.63) is 0 Å². The molecule has 1 aliphatic rings. The molecule has 5 heteroatoms. The van der Waals surface area contributed by atoms with E-state index >= 15 is 0 Å². The van der Waals surface area contributed by atoms with Crippen molar-refractivity contribution in [1.82, 2.24) is 10.6 Å². The molecule has 1 saturated carbocycles. The summed E-state index contributed by atoms with van der Waals surface area (Å²) in [6, 6.07) is 2.55. The van der Waals surface area contributed by atoms with E-state index in [0.29, 0.717) is 11.0 Å². The van der Waals surface area contributed by atoms with Crippen LogP contribution in [-0.2, 0) is 4.79 Å². The lowest BCUT2D eigenvalue weighted by Gasteiger charge is -2.19. The Labute approximate surface area is 108 Å². The third kappa shape index (κ3) is 4.21. The lowest BCUT2D eigenvalue weighted by molar-refractivity contribution is -0.119. The van der Waals surface area contributed by atoms with E-state index in [2.05, 4.69) is 16.7 Å². The van der Waals surface area contributed by atoms with Crippen molar-refractivity contribution in [3.8, 4) is 6.07 Å². The van der Waals surface area contributed by atoms with Gasteiger partial charge in [0, 0.05) is 11.3 Å². The summed E-state index contributed by atoms with van der Waals surface area (Å²) in [5, 5.41) is 15.5. The molecule has 2 atom stereocenters. The van der Waals surface area contributed by atoms with Gasteiger partial charge in [0.25, 0.3) is 0 Å². The number of carbonyl (C=O) groups excluding carboxylic acids is 1. The molecule has 96 valence electrons. The second kappa shape index (κ2) is 6.27. The predicted molar refractivity (Wildman–Crippen MR) is 70.8 cm³/mol. The quantitative estimate of drug-likeness (QED) is 0.776. The molecule has 0 heterocycles. The van der Waals surface area contributed by atoms with Crippen LogP contribution in [0.15, 0.2) is 0 Å². The molecule has 4 nitrogen and oxygen atoms in total. The van der Waals surface area contributed by atoms with Gasteiger partial charge in [-0.15, -0.1) is 11.8 Å². The molecule has 0 aromatic rings. The van der Waals surface area contributed by atoms with Crippen molar-refractivity contribution in [2.75, 3.05) is 12.8 Å². The van der Waals surface area contributed by atoms with Gasteiger partial charge in [0.15, 0.2) is 0 Å². The Morgan fingerprint density at radius 1 is 1.65 bits per heavy atom. The number of thioether (sulfide) groups is 1. The van der Waals surface area contributed by atoms with Gasteiger partial charge in [-0.25, -0.2) is 0 Å². The average molecular weight is 255 g/mol. The van der Waals surface area contributed by atoms with Gasteiger partial charge < -0.3 is 10.6 Å². The van der Waals surface area contributed by atoms with Crippen LogP contribution in [0.3, 0.4) is 0 Å². The van der Waals surface area contributed by atoms with Crippen LogP contribution in [0.4, 0.5) is 0 Å². The van der Waals surface area contributed by atoms with E-state index in [0.717, 1.165) is 19.3 Å². The van der Waals surface area contributed by atoms with Crippen LogP contribution in [0.25, 0.3) is 0 Å². The second-order valence-electron chi connectivity index (χ2n) is 4.84. The van der Waals surface area contributed by atoms with E-state index in [4.69, 9.17) is 5.26 Å². The highest BCUT2D eigenvalue weighted by Gasteiger charge is 2.38. The molecule has 0 spiro atoms. The van der Waals surface area contributed by atoms with E-state index in [1.807, 2.05) is 20.9 Å². The molecule has 2 N–H and O–H groups in total. The maximum absolute atomic E-state index is 11.5. The zero-order valence-corrected chi connectivity index (χ0v) is 11.6. The summed E-state index contributed by atoms with van der Waals surface area (Å²) in [4.78, 5) is 11.5. The summed E-state index contributed by atoms with van der Waals surface area (Å²) in [6.07, 6.45) is 2.72. The highest BCUT2D eigenvalue weighted by atomic mass is 32.2. The van der Waals surface area contributed by atoms with Gasteiger partial charge in [0.2, 0.25) is 5.91 Å². The van der Waals surface area contributed by atoms with E-state index in [1.165, 1.54) is 0 Å². The maximum atomic E-state index is 11.5. The van der Waals surface area contributed by atoms with Crippen molar-refractivity contribution < 1.29 is 4.79 Å². The third-order valence-electron chi connectivity index (χ3n) is 3.06. The first-order valence-corrected chi connectivity index (χ1v) is 7.07. The molecule has 0 aromatic carbocycles. The van der Waals surface area contributed by atoms with Crippen LogP contribution in [0.2, 0.25) is 0 Å². The molecule has 1 rings (SSSR count). The molecule has 1 aliphatic carbocycles. The Balaban J connectivity index is 2.32. The van der Waals surface area contributed by atoms with Crippen molar-refractivity contribution >= 4 is 17.7 Å². The molecule has 0 bridgehead atoms. The number of nitrogens with zero attached hydrogens (tertiary/aromatic N) is 1. The predicted octanol–water partition coefficient (Wildman–Crippen LogP) is 1.28. The van der Waals surface area contributed by atoms with E-state index in [9.17, 15) is 4.79 Å². The van der Waals surface area contributed by atoms with Gasteiger partial charge in [-0.3, -0.25) is 4.79 Å². The maximum Gasteiger partial charge on any atom is 0.230 e. The first kappa shape index (κ1) is 14.3. The number of hydrogen-bond donors (Lipinski definition) is 2. The van der Waals surface area contributed by atoms with Gasteiger partial charge in [0.1, 0.15) is 5.54 Å². The smallest absolute Gasteiger partial charge is 0.230 e. The van der Waals surface area contributed by atoms with Gasteiger partial charge in [-0.1, -0.05) is 0 Å². The average Bonchev–Trinajstić information content (AvgIpc) is 2.70. The monoisotopic (exact) mass is 255 g/mol. The molecule has 0 aromatic heterocycles. The summed E-state index contributed by atoms with van der Waals surface area (Å²) in [5.74, 6) is 0.581. The summed E-state index contributed by atoms with van der Waals surface area (Å²) in [5.41, 5.74) is -0.369. The zero-order valence-electron chi connectivity index (χ0n) is 10.7. The molecule has 2 unspecified atom stereocenters. The summed E-state index contributed by atoms with van der Waals surface area (Å²) < 4.78 is 0. The van der Waals surface area contributed by atoms with E-state index in [-0.39, 0.29) is 17.5 Å². The molecular formula is C12H21N3OS. The Bertz CT molecular complexity index is 313. The summed E-state index contributed by atoms with van der Waals surface area (Å²) >= 11 is 1.66. The minimum absolute atomic E-state index is 0.0870. The standard InChI is InChI=1S/C12H21N3OS/c1-9(2)15-11(16)7-17-10-4-5-12(6-10,8-13)14-3/h9-10,14H,4-7H2,1-3H3,(H,15,16). The summed E-state index contributed by atoms with van der Waals surface area (Å²) in [6.45, 7) is 3.92. The van der Waals surface area contributed by atoms with Crippen molar-refractivity contribution in [1.29, 1.82) is 5.26 Å². The first-order chi connectivity index (χ1) is 8.01. The number of rotatable bonds is 5. The highest BCUT2D eigenvalue weighted by molar-refractivity contribution is 8.00. The van der Waals surface area contributed by atoms with E-state index in [1.54, 1.807) is 11.8 Å². The van der Waals surface area contributed by atoms with Crippen LogP contribution in [-0.4, -0.2) is 35.5 Å². The topological polar surface area (TPSA) is 64.9 Å². The third-order valence-corrected chi connectivity index (χ3v) is 4.36. The fourth-order valence-corrected chi connectivity index (χ4v) is 3.24. The number of nitriles is 1. The Morgan fingerprint density at radius 3 is 2.82 bits per heavy atom. The fraction of sp³-hybridized carbons (Fsp3) is 0.833. The zero-order chi connectivity index (χ0) is 12.9. The first-order valence-electron chi connectivity index (χ1n) is 6.02. The summed E-state index contributed by atoms with van der Waals surface area (Å²) in [7, 11) is 1.84.